The molecule has 0 atom stereocenters. The van der Waals surface area contributed by atoms with Crippen molar-refractivity contribution in [2.45, 2.75) is 13.1 Å². The van der Waals surface area contributed by atoms with Crippen LogP contribution in [0.3, 0.4) is 0 Å². The lowest BCUT2D eigenvalue weighted by Crippen LogP contribution is -2.20. The maximum absolute atomic E-state index is 12.8. The van der Waals surface area contributed by atoms with E-state index in [0.717, 1.165) is 35.0 Å². The lowest BCUT2D eigenvalue weighted by atomic mass is 9.98. The number of aryl methyl sites for hydroxylation is 2. The highest BCUT2D eigenvalue weighted by molar-refractivity contribution is 6.00. The molecular formula is C25H21F3N6O2. The van der Waals surface area contributed by atoms with Crippen LogP contribution >= 0.6 is 0 Å². The number of hydrogen-bond acceptors (Lipinski definition) is 5. The summed E-state index contributed by atoms with van der Waals surface area (Å²) in [5, 5.41) is 5.11. The molecule has 11 heteroatoms. The molecule has 0 bridgehead atoms. The maximum atomic E-state index is 12.8. The summed E-state index contributed by atoms with van der Waals surface area (Å²) in [6, 6.07) is 11.5. The number of pyridine rings is 3. The average molecular weight is 494 g/mol. The molecule has 0 radical (unpaired) electrons. The number of amides is 2. The van der Waals surface area contributed by atoms with E-state index in [2.05, 4.69) is 20.6 Å². The van der Waals surface area contributed by atoms with Crippen LogP contribution < -0.4 is 21.9 Å². The highest BCUT2D eigenvalue weighted by Crippen LogP contribution is 2.30. The Balaban J connectivity index is 1.60. The Bertz CT molecular complexity index is 1500. The van der Waals surface area contributed by atoms with Gasteiger partial charge in [0.1, 0.15) is 11.5 Å². The van der Waals surface area contributed by atoms with Crippen molar-refractivity contribution in [1.29, 1.82) is 0 Å². The summed E-state index contributed by atoms with van der Waals surface area (Å²) >= 11 is 0. The van der Waals surface area contributed by atoms with Crippen LogP contribution in [0.25, 0.3) is 22.3 Å². The van der Waals surface area contributed by atoms with Crippen molar-refractivity contribution in [2.75, 3.05) is 16.4 Å². The summed E-state index contributed by atoms with van der Waals surface area (Å²) in [5.41, 5.74) is 8.53. The summed E-state index contributed by atoms with van der Waals surface area (Å²) in [7, 11) is 1.64. The molecule has 1 aromatic carbocycles. The number of nitrogens with one attached hydrogen (secondary N) is 2. The SMILES string of the molecule is Cc1ccc(NC(=O)Nc2ccc(C(F)(F)F)nc2)cc1-c1cc(-c2ccnc(N)c2)c(=O)n(C)c1. The second-order valence-corrected chi connectivity index (χ2v) is 8.07. The average Bonchev–Trinajstić information content (AvgIpc) is 2.81. The minimum absolute atomic E-state index is 0.104. The van der Waals surface area contributed by atoms with Gasteiger partial charge in [0, 0.05) is 30.7 Å². The van der Waals surface area contributed by atoms with Gasteiger partial charge in [-0.1, -0.05) is 6.07 Å². The van der Waals surface area contributed by atoms with Gasteiger partial charge in [-0.3, -0.25) is 4.79 Å². The Morgan fingerprint density at radius 2 is 1.67 bits per heavy atom. The predicted octanol–water partition coefficient (Wildman–Crippen LogP) is 5.06. The number of benzene rings is 1. The van der Waals surface area contributed by atoms with Gasteiger partial charge in [0.25, 0.3) is 5.56 Å². The lowest BCUT2D eigenvalue weighted by molar-refractivity contribution is -0.141. The minimum Gasteiger partial charge on any atom is -0.384 e. The van der Waals surface area contributed by atoms with Gasteiger partial charge in [0.15, 0.2) is 0 Å². The van der Waals surface area contributed by atoms with E-state index in [9.17, 15) is 22.8 Å². The van der Waals surface area contributed by atoms with E-state index in [1.54, 1.807) is 49.6 Å². The number of alkyl halides is 3. The molecule has 0 aliphatic heterocycles. The number of nitrogens with zero attached hydrogens (tertiary/aromatic N) is 3. The third-order valence-electron chi connectivity index (χ3n) is 5.39. The van der Waals surface area contributed by atoms with E-state index in [1.165, 1.54) is 10.8 Å². The number of carbonyl (C=O) groups excluding carboxylic acids is 1. The largest absolute Gasteiger partial charge is 0.433 e. The zero-order chi connectivity index (χ0) is 26.0. The molecular weight excluding hydrogens is 473 g/mol. The summed E-state index contributed by atoms with van der Waals surface area (Å²) in [5.74, 6) is 0.289. The molecule has 3 aromatic heterocycles. The Hall–Kier alpha value is -4.67. The van der Waals surface area contributed by atoms with Crippen LogP contribution in [0.15, 0.2) is 71.9 Å². The highest BCUT2D eigenvalue weighted by atomic mass is 19.4. The van der Waals surface area contributed by atoms with Crippen molar-refractivity contribution in [3.63, 3.8) is 0 Å². The van der Waals surface area contributed by atoms with E-state index < -0.39 is 17.9 Å². The van der Waals surface area contributed by atoms with Crippen LogP contribution in [0, 0.1) is 6.92 Å². The monoisotopic (exact) mass is 494 g/mol. The van der Waals surface area contributed by atoms with Crippen LogP contribution in [0.5, 0.6) is 0 Å². The first-order chi connectivity index (χ1) is 17.0. The first-order valence-electron chi connectivity index (χ1n) is 10.7. The zero-order valence-corrected chi connectivity index (χ0v) is 19.2. The second kappa shape index (κ2) is 9.53. The summed E-state index contributed by atoms with van der Waals surface area (Å²) in [4.78, 5) is 32.5. The van der Waals surface area contributed by atoms with Gasteiger partial charge in [-0.05, 0) is 71.6 Å². The summed E-state index contributed by atoms with van der Waals surface area (Å²) in [6.07, 6.45) is -0.418. The second-order valence-electron chi connectivity index (χ2n) is 8.07. The molecule has 0 saturated carbocycles. The van der Waals surface area contributed by atoms with Crippen LogP contribution in [0.2, 0.25) is 0 Å². The molecule has 4 N–H and O–H groups in total. The third-order valence-corrected chi connectivity index (χ3v) is 5.39. The van der Waals surface area contributed by atoms with Gasteiger partial charge >= 0.3 is 12.2 Å². The molecule has 3 heterocycles. The molecule has 0 aliphatic carbocycles. The normalized spacial score (nSPS) is 11.2. The number of halogens is 3. The molecule has 0 fully saturated rings. The number of anilines is 3. The Morgan fingerprint density at radius 3 is 2.33 bits per heavy atom. The topological polar surface area (TPSA) is 115 Å². The lowest BCUT2D eigenvalue weighted by Gasteiger charge is -2.14. The van der Waals surface area contributed by atoms with E-state index in [-0.39, 0.29) is 17.1 Å². The van der Waals surface area contributed by atoms with E-state index in [0.29, 0.717) is 16.8 Å². The summed E-state index contributed by atoms with van der Waals surface area (Å²) in [6.45, 7) is 1.89. The number of hydrogen-bond donors (Lipinski definition) is 3. The standard InChI is InChI=1S/C25H21F3N6O2/c1-14-3-4-17(32-24(36)33-18-5-6-21(31-12-18)25(26,27)28)11-19(14)16-9-20(23(35)34(2)13-16)15-7-8-30-22(29)10-15/h3-13H,1-2H3,(H2,29,30)(H2,32,33,36). The van der Waals surface area contributed by atoms with Gasteiger partial charge < -0.3 is 20.9 Å². The molecule has 0 unspecified atom stereocenters. The molecule has 2 amide bonds. The van der Waals surface area contributed by atoms with Crippen LogP contribution in [0.1, 0.15) is 11.3 Å². The van der Waals surface area contributed by atoms with Crippen molar-refractivity contribution in [3.05, 3.63) is 88.7 Å². The fourth-order valence-electron chi connectivity index (χ4n) is 3.62. The predicted molar refractivity (Wildman–Crippen MR) is 131 cm³/mol. The fraction of sp³-hybridized carbons (Fsp3) is 0.120. The Morgan fingerprint density at radius 1 is 0.944 bits per heavy atom. The molecule has 184 valence electrons. The third kappa shape index (κ3) is 5.35. The molecule has 0 aliphatic rings. The van der Waals surface area contributed by atoms with Crippen molar-refractivity contribution >= 4 is 23.2 Å². The number of urea groups is 1. The van der Waals surface area contributed by atoms with Crippen molar-refractivity contribution in [2.24, 2.45) is 7.05 Å². The molecule has 4 rings (SSSR count). The maximum Gasteiger partial charge on any atom is 0.433 e. The molecule has 36 heavy (non-hydrogen) atoms. The molecule has 0 saturated heterocycles. The zero-order valence-electron chi connectivity index (χ0n) is 19.2. The number of aromatic nitrogens is 3. The smallest absolute Gasteiger partial charge is 0.384 e. The Labute approximate surface area is 203 Å². The van der Waals surface area contributed by atoms with Gasteiger partial charge in [0.05, 0.1) is 11.9 Å². The summed E-state index contributed by atoms with van der Waals surface area (Å²) < 4.78 is 39.5. The Kier molecular flexibility index (Phi) is 6.47. The fourth-order valence-corrected chi connectivity index (χ4v) is 3.62. The number of carbonyl (C=O) groups is 1. The molecule has 0 spiro atoms. The minimum atomic E-state index is -4.57. The van der Waals surface area contributed by atoms with Gasteiger partial charge in [-0.2, -0.15) is 13.2 Å². The quantitative estimate of drug-likeness (QED) is 0.367. The molecule has 4 aromatic rings. The van der Waals surface area contributed by atoms with Crippen LogP contribution in [-0.2, 0) is 13.2 Å². The highest BCUT2D eigenvalue weighted by Gasteiger charge is 2.32. The van der Waals surface area contributed by atoms with Crippen molar-refractivity contribution in [3.8, 4) is 22.3 Å². The molecule has 8 nitrogen and oxygen atoms in total. The van der Waals surface area contributed by atoms with Crippen molar-refractivity contribution in [1.82, 2.24) is 14.5 Å². The van der Waals surface area contributed by atoms with Gasteiger partial charge in [-0.15, -0.1) is 0 Å². The van der Waals surface area contributed by atoms with Crippen molar-refractivity contribution < 1.29 is 18.0 Å². The van der Waals surface area contributed by atoms with Crippen LogP contribution in [-0.4, -0.2) is 20.6 Å². The first kappa shape index (κ1) is 24.5. The number of nitrogens with two attached hydrogens (primary N) is 1. The van der Waals surface area contributed by atoms with E-state index >= 15 is 0 Å². The number of nitrogen functional groups attached to an aromatic ring is 1. The van der Waals surface area contributed by atoms with E-state index in [4.69, 9.17) is 5.73 Å². The number of rotatable bonds is 4. The van der Waals surface area contributed by atoms with E-state index in [1.807, 2.05) is 6.92 Å². The van der Waals surface area contributed by atoms with Gasteiger partial charge in [0.2, 0.25) is 0 Å². The first-order valence-corrected chi connectivity index (χ1v) is 10.7. The van der Waals surface area contributed by atoms with Gasteiger partial charge in [-0.25, -0.2) is 14.8 Å². The van der Waals surface area contributed by atoms with Crippen LogP contribution in [0.4, 0.5) is 35.2 Å².